The van der Waals surface area contributed by atoms with E-state index in [0.29, 0.717) is 17.5 Å². The van der Waals surface area contributed by atoms with E-state index in [1.54, 1.807) is 0 Å². The molecule has 0 amide bonds. The highest BCUT2D eigenvalue weighted by Crippen LogP contribution is 2.06. The van der Waals surface area contributed by atoms with Crippen molar-refractivity contribution in [1.29, 1.82) is 0 Å². The molecule has 1 atom stereocenters. The minimum atomic E-state index is 0.102. The fraction of sp³-hybridized carbons (Fsp3) is 0.778. The molecule has 0 fully saturated rings. The van der Waals surface area contributed by atoms with Gasteiger partial charge in [-0.2, -0.15) is 0 Å². The molecular weight excluding hydrogens is 209 g/mol. The molecule has 0 saturated carbocycles. The third-order valence-corrected chi connectivity index (χ3v) is 2.27. The minimum Gasteiger partial charge on any atom is -0.395 e. The lowest BCUT2D eigenvalue weighted by Crippen LogP contribution is -2.34. The second-order valence-electron chi connectivity index (χ2n) is 3.45. The highest BCUT2D eigenvalue weighted by atomic mass is 35.5. The number of hydrogen-bond acceptors (Lipinski definition) is 2. The molecule has 0 aliphatic heterocycles. The quantitative estimate of drug-likeness (QED) is 0.728. The zero-order chi connectivity index (χ0) is 10.3. The molecule has 2 N–H and O–H groups in total. The van der Waals surface area contributed by atoms with Gasteiger partial charge in [0.1, 0.15) is 0 Å². The van der Waals surface area contributed by atoms with Crippen LogP contribution in [0.3, 0.4) is 0 Å². The minimum absolute atomic E-state index is 0.102. The SMILES string of the molecule is CC(C)CC(CO)NCC(Cl)=CCl. The van der Waals surface area contributed by atoms with Gasteiger partial charge in [0.15, 0.2) is 0 Å². The zero-order valence-electron chi connectivity index (χ0n) is 8.06. The van der Waals surface area contributed by atoms with Gasteiger partial charge in [-0.25, -0.2) is 0 Å². The summed E-state index contributed by atoms with van der Waals surface area (Å²) in [5.41, 5.74) is 1.33. The van der Waals surface area contributed by atoms with E-state index in [2.05, 4.69) is 19.2 Å². The standard InChI is InChI=1S/C9H17Cl2NO/c1-7(2)3-9(6-13)12-5-8(11)4-10/h4,7,9,12-13H,3,5-6H2,1-2H3. The number of hydrogen-bond donors (Lipinski definition) is 2. The Morgan fingerprint density at radius 1 is 1.54 bits per heavy atom. The summed E-state index contributed by atoms with van der Waals surface area (Å²) in [6.07, 6.45) is 0.933. The van der Waals surface area contributed by atoms with Crippen molar-refractivity contribution in [3.63, 3.8) is 0 Å². The van der Waals surface area contributed by atoms with Crippen molar-refractivity contribution in [2.45, 2.75) is 26.3 Å². The van der Waals surface area contributed by atoms with Crippen molar-refractivity contribution in [2.75, 3.05) is 13.2 Å². The van der Waals surface area contributed by atoms with E-state index >= 15 is 0 Å². The Hall–Kier alpha value is 0.240. The zero-order valence-corrected chi connectivity index (χ0v) is 9.57. The second kappa shape index (κ2) is 7.63. The molecule has 0 aromatic rings. The fourth-order valence-corrected chi connectivity index (χ4v) is 1.23. The van der Waals surface area contributed by atoms with Crippen LogP contribution in [-0.2, 0) is 0 Å². The molecule has 0 rings (SSSR count). The van der Waals surface area contributed by atoms with Gasteiger partial charge in [0, 0.05) is 23.2 Å². The lowest BCUT2D eigenvalue weighted by atomic mass is 10.0. The first-order chi connectivity index (χ1) is 6.10. The highest BCUT2D eigenvalue weighted by molar-refractivity contribution is 6.36. The van der Waals surface area contributed by atoms with Crippen molar-refractivity contribution < 1.29 is 5.11 Å². The van der Waals surface area contributed by atoms with Gasteiger partial charge in [-0.05, 0) is 12.3 Å². The molecule has 0 radical (unpaired) electrons. The monoisotopic (exact) mass is 225 g/mol. The van der Waals surface area contributed by atoms with Crippen molar-refractivity contribution in [1.82, 2.24) is 5.32 Å². The van der Waals surface area contributed by atoms with Crippen LogP contribution in [0.1, 0.15) is 20.3 Å². The molecule has 0 spiro atoms. The Morgan fingerprint density at radius 3 is 2.54 bits per heavy atom. The van der Waals surface area contributed by atoms with Crippen molar-refractivity contribution >= 4 is 23.2 Å². The van der Waals surface area contributed by atoms with Crippen LogP contribution in [0.25, 0.3) is 0 Å². The van der Waals surface area contributed by atoms with Crippen molar-refractivity contribution in [3.8, 4) is 0 Å². The third-order valence-electron chi connectivity index (χ3n) is 1.65. The Balaban J connectivity index is 3.72. The van der Waals surface area contributed by atoms with Crippen LogP contribution in [0.15, 0.2) is 10.6 Å². The van der Waals surface area contributed by atoms with Gasteiger partial charge in [-0.1, -0.05) is 37.0 Å². The van der Waals surface area contributed by atoms with Gasteiger partial charge in [0.2, 0.25) is 0 Å². The largest absolute Gasteiger partial charge is 0.395 e. The molecule has 13 heavy (non-hydrogen) atoms. The van der Waals surface area contributed by atoms with E-state index < -0.39 is 0 Å². The van der Waals surface area contributed by atoms with E-state index in [1.165, 1.54) is 5.54 Å². The van der Waals surface area contributed by atoms with Crippen molar-refractivity contribution in [2.24, 2.45) is 5.92 Å². The molecule has 0 aromatic carbocycles. The summed E-state index contributed by atoms with van der Waals surface area (Å²) in [7, 11) is 0. The number of aliphatic hydroxyl groups excluding tert-OH is 1. The molecule has 0 saturated heterocycles. The molecule has 2 nitrogen and oxygen atoms in total. The Bertz CT molecular complexity index is 160. The predicted octanol–water partition coefficient (Wildman–Crippen LogP) is 2.30. The van der Waals surface area contributed by atoms with Crippen LogP contribution < -0.4 is 5.32 Å². The third kappa shape index (κ3) is 7.32. The fourth-order valence-electron chi connectivity index (χ4n) is 1.07. The number of halogens is 2. The van der Waals surface area contributed by atoms with Gasteiger partial charge in [0.25, 0.3) is 0 Å². The van der Waals surface area contributed by atoms with Gasteiger partial charge >= 0.3 is 0 Å². The lowest BCUT2D eigenvalue weighted by Gasteiger charge is -2.17. The molecule has 0 heterocycles. The Morgan fingerprint density at radius 2 is 2.15 bits per heavy atom. The molecular formula is C9H17Cl2NO. The van der Waals surface area contributed by atoms with Gasteiger partial charge < -0.3 is 10.4 Å². The first-order valence-corrected chi connectivity index (χ1v) is 5.20. The summed E-state index contributed by atoms with van der Waals surface area (Å²) in [5.74, 6) is 0.559. The molecule has 0 aliphatic carbocycles. The summed E-state index contributed by atoms with van der Waals surface area (Å²) in [6.45, 7) is 4.88. The first kappa shape index (κ1) is 13.2. The average molecular weight is 226 g/mol. The van der Waals surface area contributed by atoms with Gasteiger partial charge in [-0.15, -0.1) is 0 Å². The summed E-state index contributed by atoms with van der Waals surface area (Å²) in [4.78, 5) is 0. The Kier molecular flexibility index (Phi) is 7.77. The average Bonchev–Trinajstić information content (AvgIpc) is 2.10. The molecule has 4 heteroatoms. The van der Waals surface area contributed by atoms with Gasteiger partial charge in [0.05, 0.1) is 6.61 Å². The van der Waals surface area contributed by atoms with Crippen LogP contribution in [0.5, 0.6) is 0 Å². The smallest absolute Gasteiger partial charge is 0.0584 e. The number of rotatable bonds is 6. The Labute approximate surface area is 89.9 Å². The first-order valence-electron chi connectivity index (χ1n) is 4.39. The molecule has 1 unspecified atom stereocenters. The lowest BCUT2D eigenvalue weighted by molar-refractivity contribution is 0.227. The van der Waals surface area contributed by atoms with Crippen molar-refractivity contribution in [3.05, 3.63) is 10.6 Å². The van der Waals surface area contributed by atoms with E-state index in [0.717, 1.165) is 6.42 Å². The molecule has 78 valence electrons. The van der Waals surface area contributed by atoms with Crippen LogP contribution in [0, 0.1) is 5.92 Å². The van der Waals surface area contributed by atoms with E-state index in [9.17, 15) is 0 Å². The molecule has 0 aromatic heterocycles. The predicted molar refractivity (Wildman–Crippen MR) is 58.1 cm³/mol. The number of aliphatic hydroxyl groups is 1. The summed E-state index contributed by atoms with van der Waals surface area (Å²) < 4.78 is 0. The normalized spacial score (nSPS) is 15.1. The maximum absolute atomic E-state index is 9.00. The summed E-state index contributed by atoms with van der Waals surface area (Å²) in [6, 6.07) is 0.102. The van der Waals surface area contributed by atoms with Gasteiger partial charge in [-0.3, -0.25) is 0 Å². The van der Waals surface area contributed by atoms with E-state index in [4.69, 9.17) is 28.3 Å². The van der Waals surface area contributed by atoms with E-state index in [1.807, 2.05) is 0 Å². The highest BCUT2D eigenvalue weighted by Gasteiger charge is 2.08. The second-order valence-corrected chi connectivity index (χ2v) is 4.15. The maximum Gasteiger partial charge on any atom is 0.0584 e. The molecule has 0 aliphatic rings. The number of nitrogens with one attached hydrogen (secondary N) is 1. The maximum atomic E-state index is 9.00. The van der Waals surface area contributed by atoms with Crippen LogP contribution in [0.4, 0.5) is 0 Å². The molecule has 0 bridgehead atoms. The van der Waals surface area contributed by atoms with Crippen LogP contribution in [0.2, 0.25) is 0 Å². The summed E-state index contributed by atoms with van der Waals surface area (Å²) in [5, 5.41) is 12.7. The summed E-state index contributed by atoms with van der Waals surface area (Å²) >= 11 is 11.1. The van der Waals surface area contributed by atoms with Crippen LogP contribution >= 0.6 is 23.2 Å². The van der Waals surface area contributed by atoms with Crippen LogP contribution in [-0.4, -0.2) is 24.3 Å². The topological polar surface area (TPSA) is 32.3 Å². The van der Waals surface area contributed by atoms with E-state index in [-0.39, 0.29) is 12.6 Å².